The van der Waals surface area contributed by atoms with Gasteiger partial charge in [-0.3, -0.25) is 0 Å². The van der Waals surface area contributed by atoms with Gasteiger partial charge in [-0.15, -0.1) is 0 Å². The van der Waals surface area contributed by atoms with Crippen molar-refractivity contribution in [2.24, 2.45) is 28.6 Å². The van der Waals surface area contributed by atoms with Gasteiger partial charge in [-0.25, -0.2) is 4.79 Å². The summed E-state index contributed by atoms with van der Waals surface area (Å²) in [4.78, 5) is 21.9. The lowest BCUT2D eigenvalue weighted by Gasteiger charge is -2.39. The van der Waals surface area contributed by atoms with Gasteiger partial charge in [0, 0.05) is 5.92 Å². The molecule has 5 atom stereocenters. The maximum absolute atomic E-state index is 11.0. The van der Waals surface area contributed by atoms with Gasteiger partial charge in [0.15, 0.2) is 6.10 Å². The molecule has 0 aromatic heterocycles. The summed E-state index contributed by atoms with van der Waals surface area (Å²) in [7, 11) is 0. The molecular weight excluding hydrogens is 436 g/mol. The number of rotatable bonds is 10. The number of hydrogen-bond acceptors (Lipinski definition) is 3. The highest BCUT2D eigenvalue weighted by molar-refractivity contribution is 5.77. The van der Waals surface area contributed by atoms with Gasteiger partial charge in [0.2, 0.25) is 0 Å². The number of carbonyl (C=O) groups excluding carboxylic acids is 1. The Kier molecular flexibility index (Phi) is 10.4. The number of carboxylic acids is 1. The second-order valence-electron chi connectivity index (χ2n) is 12.7. The number of carbonyl (C=O) groups is 2. The first kappa shape index (κ1) is 29.8. The Balaban J connectivity index is 0.000000251. The molecule has 0 aromatic rings. The SMILES string of the molecule is CCC(C=O)CCC1C(C)=CCCC1(C)C.CCC1(CCC2C(C)=CCCC2(C)C)OC1C(=O)O. The summed E-state index contributed by atoms with van der Waals surface area (Å²) in [6, 6.07) is 0. The van der Waals surface area contributed by atoms with Crippen molar-refractivity contribution in [1.82, 2.24) is 0 Å². The number of epoxide rings is 1. The van der Waals surface area contributed by atoms with Crippen molar-refractivity contribution >= 4 is 12.3 Å². The maximum Gasteiger partial charge on any atom is 0.335 e. The van der Waals surface area contributed by atoms with Crippen LogP contribution in [0, 0.1) is 28.6 Å². The molecule has 1 fully saturated rings. The van der Waals surface area contributed by atoms with Crippen molar-refractivity contribution in [1.29, 1.82) is 0 Å². The third-order valence-electron chi connectivity index (χ3n) is 9.49. The van der Waals surface area contributed by atoms with Crippen LogP contribution < -0.4 is 0 Å². The predicted molar refractivity (Wildman–Crippen MR) is 144 cm³/mol. The Hall–Kier alpha value is -1.42. The molecule has 0 aromatic carbocycles. The number of aliphatic carboxylic acids is 1. The molecule has 1 N–H and O–H groups in total. The van der Waals surface area contributed by atoms with E-state index in [-0.39, 0.29) is 11.5 Å². The van der Waals surface area contributed by atoms with Crippen molar-refractivity contribution in [3.05, 3.63) is 23.3 Å². The quantitative estimate of drug-likeness (QED) is 0.191. The summed E-state index contributed by atoms with van der Waals surface area (Å²) in [6.45, 7) is 18.0. The van der Waals surface area contributed by atoms with Crippen LogP contribution in [0.25, 0.3) is 0 Å². The van der Waals surface area contributed by atoms with E-state index >= 15 is 0 Å². The van der Waals surface area contributed by atoms with Crippen LogP contribution in [0.3, 0.4) is 0 Å². The van der Waals surface area contributed by atoms with Crippen LogP contribution in [0.2, 0.25) is 0 Å². The highest BCUT2D eigenvalue weighted by Crippen LogP contribution is 2.49. The molecule has 1 saturated heterocycles. The van der Waals surface area contributed by atoms with Crippen molar-refractivity contribution in [2.45, 2.75) is 131 Å². The molecule has 0 radical (unpaired) electrons. The summed E-state index contributed by atoms with van der Waals surface area (Å²) in [5.74, 6) is 0.695. The van der Waals surface area contributed by atoms with E-state index in [9.17, 15) is 9.59 Å². The second kappa shape index (κ2) is 12.2. The summed E-state index contributed by atoms with van der Waals surface area (Å²) in [5, 5.41) is 9.08. The Labute approximate surface area is 215 Å². The summed E-state index contributed by atoms with van der Waals surface area (Å²) >= 11 is 0. The van der Waals surface area contributed by atoms with Crippen LogP contribution in [-0.4, -0.2) is 29.1 Å². The normalized spacial score (nSPS) is 31.8. The molecule has 1 aliphatic heterocycles. The number of ether oxygens (including phenoxy) is 1. The first-order chi connectivity index (χ1) is 16.3. The third-order valence-corrected chi connectivity index (χ3v) is 9.49. The zero-order chi connectivity index (χ0) is 26.4. The smallest absolute Gasteiger partial charge is 0.335 e. The van der Waals surface area contributed by atoms with Gasteiger partial charge in [0.25, 0.3) is 0 Å². The fraction of sp³-hybridized carbons (Fsp3) is 0.806. The van der Waals surface area contributed by atoms with E-state index in [0.29, 0.717) is 22.7 Å². The Morgan fingerprint density at radius 1 is 1.03 bits per heavy atom. The predicted octanol–water partition coefficient (Wildman–Crippen LogP) is 8.16. The monoisotopic (exact) mass is 488 g/mol. The lowest BCUT2D eigenvalue weighted by molar-refractivity contribution is -0.138. The summed E-state index contributed by atoms with van der Waals surface area (Å²) < 4.78 is 5.49. The first-order valence-electron chi connectivity index (χ1n) is 14.0. The molecule has 0 bridgehead atoms. The molecule has 35 heavy (non-hydrogen) atoms. The standard InChI is InChI=1S/C16H26O3.C15H26O/c1-5-16(13(19-16)14(17)18)10-8-12-11(2)7-6-9-15(12,3)4;1-5-13(11-16)8-9-14-12(2)7-6-10-15(14,3)4/h7,12-13H,5-6,8-10H2,1-4H3,(H,17,18);7,11,13-14H,5-6,8-10H2,1-4H3. The number of hydrogen-bond donors (Lipinski definition) is 1. The zero-order valence-corrected chi connectivity index (χ0v) is 23.8. The fourth-order valence-corrected chi connectivity index (χ4v) is 6.70. The van der Waals surface area contributed by atoms with E-state index in [1.807, 2.05) is 6.92 Å². The van der Waals surface area contributed by atoms with Crippen LogP contribution in [-0.2, 0) is 14.3 Å². The van der Waals surface area contributed by atoms with E-state index < -0.39 is 12.1 Å². The average molecular weight is 489 g/mol. The first-order valence-corrected chi connectivity index (χ1v) is 14.0. The van der Waals surface area contributed by atoms with E-state index in [1.165, 1.54) is 43.3 Å². The minimum absolute atomic E-state index is 0.269. The van der Waals surface area contributed by atoms with Gasteiger partial charge < -0.3 is 14.6 Å². The van der Waals surface area contributed by atoms with Gasteiger partial charge in [-0.1, -0.05) is 64.8 Å². The van der Waals surface area contributed by atoms with Crippen LogP contribution in [0.4, 0.5) is 0 Å². The van der Waals surface area contributed by atoms with E-state index in [2.05, 4.69) is 60.6 Å². The molecule has 3 rings (SSSR count). The Morgan fingerprint density at radius 2 is 1.54 bits per heavy atom. The summed E-state index contributed by atoms with van der Waals surface area (Å²) in [5.41, 5.74) is 3.35. The van der Waals surface area contributed by atoms with Gasteiger partial charge >= 0.3 is 5.97 Å². The minimum atomic E-state index is -0.808. The van der Waals surface area contributed by atoms with Crippen LogP contribution >= 0.6 is 0 Å². The highest BCUT2D eigenvalue weighted by Gasteiger charge is 2.59. The molecular formula is C31H52O4. The molecule has 4 heteroatoms. The van der Waals surface area contributed by atoms with Crippen LogP contribution in [0.5, 0.6) is 0 Å². The lowest BCUT2D eigenvalue weighted by atomic mass is 9.66. The van der Waals surface area contributed by atoms with Crippen molar-refractivity contribution in [3.8, 4) is 0 Å². The molecule has 3 aliphatic rings. The van der Waals surface area contributed by atoms with Crippen LogP contribution in [0.15, 0.2) is 23.3 Å². The highest BCUT2D eigenvalue weighted by atomic mass is 16.6. The molecule has 0 saturated carbocycles. The average Bonchev–Trinajstić information content (AvgIpc) is 3.51. The molecule has 4 nitrogen and oxygen atoms in total. The topological polar surface area (TPSA) is 66.9 Å². The molecule has 0 amide bonds. The third kappa shape index (κ3) is 7.54. The van der Waals surface area contributed by atoms with Crippen molar-refractivity contribution in [2.75, 3.05) is 0 Å². The largest absolute Gasteiger partial charge is 0.479 e. The van der Waals surface area contributed by atoms with Gasteiger partial charge in [0.05, 0.1) is 0 Å². The van der Waals surface area contributed by atoms with Gasteiger partial charge in [-0.2, -0.15) is 0 Å². The zero-order valence-electron chi connectivity index (χ0n) is 23.8. The van der Waals surface area contributed by atoms with Crippen molar-refractivity contribution < 1.29 is 19.4 Å². The van der Waals surface area contributed by atoms with E-state index in [4.69, 9.17) is 9.84 Å². The minimum Gasteiger partial charge on any atom is -0.479 e. The molecule has 2 aliphatic carbocycles. The Morgan fingerprint density at radius 3 is 1.91 bits per heavy atom. The van der Waals surface area contributed by atoms with Gasteiger partial charge in [-0.05, 0) is 101 Å². The molecule has 200 valence electrons. The number of allylic oxidation sites excluding steroid dienone is 4. The molecule has 1 heterocycles. The number of carboxylic acid groups (broad SMARTS) is 1. The van der Waals surface area contributed by atoms with E-state index in [0.717, 1.165) is 38.4 Å². The second-order valence-corrected chi connectivity index (χ2v) is 12.7. The maximum atomic E-state index is 11.0. The van der Waals surface area contributed by atoms with Crippen molar-refractivity contribution in [3.63, 3.8) is 0 Å². The summed E-state index contributed by atoms with van der Waals surface area (Å²) in [6.07, 6.45) is 16.1. The Bertz CT molecular complexity index is 790. The molecule has 5 unspecified atom stereocenters. The lowest BCUT2D eigenvalue weighted by Crippen LogP contribution is -2.30. The molecule has 0 spiro atoms. The van der Waals surface area contributed by atoms with E-state index in [1.54, 1.807) is 0 Å². The fourth-order valence-electron chi connectivity index (χ4n) is 6.70. The van der Waals surface area contributed by atoms with Gasteiger partial charge in [0.1, 0.15) is 11.9 Å². The van der Waals surface area contributed by atoms with Crippen LogP contribution in [0.1, 0.15) is 120 Å². The number of aldehydes is 1.